The predicted octanol–water partition coefficient (Wildman–Crippen LogP) is 3.10. The minimum absolute atomic E-state index is 0.412. The lowest BCUT2D eigenvalue weighted by Gasteiger charge is -2.34. The van der Waals surface area contributed by atoms with Gasteiger partial charge in [-0.05, 0) is 49.3 Å². The van der Waals surface area contributed by atoms with E-state index in [-0.39, 0.29) is 0 Å². The highest BCUT2D eigenvalue weighted by atomic mass is 79.9. The Labute approximate surface area is 123 Å². The molecule has 102 valence electrons. The SMILES string of the molecule is CN(C(N)=NC1CC(c2ccc(Br)cc2)C1)C1CC1. The zero-order valence-electron chi connectivity index (χ0n) is 11.2. The Balaban J connectivity index is 1.54. The van der Waals surface area contributed by atoms with E-state index in [1.165, 1.54) is 18.4 Å². The molecule has 0 heterocycles. The molecule has 0 aromatic heterocycles. The van der Waals surface area contributed by atoms with E-state index < -0.39 is 0 Å². The summed E-state index contributed by atoms with van der Waals surface area (Å²) < 4.78 is 1.14. The molecule has 19 heavy (non-hydrogen) atoms. The zero-order chi connectivity index (χ0) is 13.4. The number of hydrogen-bond donors (Lipinski definition) is 1. The average Bonchev–Trinajstić information content (AvgIpc) is 3.17. The van der Waals surface area contributed by atoms with Crippen LogP contribution in [0.2, 0.25) is 0 Å². The first-order valence-corrected chi connectivity index (χ1v) is 7.74. The van der Waals surface area contributed by atoms with Gasteiger partial charge in [0.2, 0.25) is 0 Å². The van der Waals surface area contributed by atoms with Gasteiger partial charge in [0.25, 0.3) is 0 Å². The number of aliphatic imine (C=N–C) groups is 1. The average molecular weight is 322 g/mol. The van der Waals surface area contributed by atoms with Crippen LogP contribution in [-0.4, -0.2) is 30.0 Å². The minimum Gasteiger partial charge on any atom is -0.370 e. The first-order valence-electron chi connectivity index (χ1n) is 6.95. The number of nitrogens with zero attached hydrogens (tertiary/aromatic N) is 2. The van der Waals surface area contributed by atoms with Gasteiger partial charge in [-0.3, -0.25) is 0 Å². The van der Waals surface area contributed by atoms with E-state index in [0.717, 1.165) is 23.3 Å². The molecule has 3 nitrogen and oxygen atoms in total. The summed E-state index contributed by atoms with van der Waals surface area (Å²) in [6, 6.07) is 9.69. The third kappa shape index (κ3) is 2.94. The van der Waals surface area contributed by atoms with Crippen molar-refractivity contribution in [1.29, 1.82) is 0 Å². The largest absolute Gasteiger partial charge is 0.370 e. The number of hydrogen-bond acceptors (Lipinski definition) is 1. The van der Waals surface area contributed by atoms with Crippen molar-refractivity contribution in [1.82, 2.24) is 4.90 Å². The molecule has 0 saturated heterocycles. The van der Waals surface area contributed by atoms with E-state index in [4.69, 9.17) is 5.73 Å². The van der Waals surface area contributed by atoms with Crippen LogP contribution in [0.1, 0.15) is 37.2 Å². The summed E-state index contributed by atoms with van der Waals surface area (Å²) in [6.45, 7) is 0. The fourth-order valence-corrected chi connectivity index (χ4v) is 2.89. The van der Waals surface area contributed by atoms with E-state index in [1.807, 2.05) is 0 Å². The normalized spacial score (nSPS) is 26.9. The molecule has 1 aromatic rings. The standard InChI is InChI=1S/C15H20BrN3/c1-19(14-6-7-14)15(17)18-13-8-11(9-13)10-2-4-12(16)5-3-10/h2-5,11,13-14H,6-9H2,1H3,(H2,17,18). The summed E-state index contributed by atoms with van der Waals surface area (Å²) in [4.78, 5) is 6.78. The molecule has 0 amide bonds. The van der Waals surface area contributed by atoms with Crippen LogP contribution in [0.3, 0.4) is 0 Å². The summed E-state index contributed by atoms with van der Waals surface area (Å²) >= 11 is 3.47. The van der Waals surface area contributed by atoms with Gasteiger partial charge in [-0.15, -0.1) is 0 Å². The Morgan fingerprint density at radius 2 is 1.89 bits per heavy atom. The summed E-state index contributed by atoms with van der Waals surface area (Å²) in [6.07, 6.45) is 4.78. The maximum atomic E-state index is 6.04. The fourth-order valence-electron chi connectivity index (χ4n) is 2.63. The molecule has 3 rings (SSSR count). The molecule has 2 N–H and O–H groups in total. The molecule has 0 unspecified atom stereocenters. The molecule has 2 aliphatic rings. The Morgan fingerprint density at radius 3 is 2.47 bits per heavy atom. The van der Waals surface area contributed by atoms with Gasteiger partial charge in [0, 0.05) is 17.6 Å². The van der Waals surface area contributed by atoms with E-state index in [9.17, 15) is 0 Å². The maximum Gasteiger partial charge on any atom is 0.191 e. The van der Waals surface area contributed by atoms with Gasteiger partial charge in [-0.2, -0.15) is 0 Å². The first-order chi connectivity index (χ1) is 9.13. The van der Waals surface area contributed by atoms with E-state index in [0.29, 0.717) is 18.0 Å². The van der Waals surface area contributed by atoms with Crippen molar-refractivity contribution in [2.75, 3.05) is 7.05 Å². The van der Waals surface area contributed by atoms with Crippen LogP contribution in [0.5, 0.6) is 0 Å². The van der Waals surface area contributed by atoms with Crippen LogP contribution in [0, 0.1) is 0 Å². The zero-order valence-corrected chi connectivity index (χ0v) is 12.8. The number of halogens is 1. The molecule has 1 aromatic carbocycles. The highest BCUT2D eigenvalue weighted by molar-refractivity contribution is 9.10. The second-order valence-electron chi connectivity index (χ2n) is 5.70. The molecule has 0 bridgehead atoms. The van der Waals surface area contributed by atoms with E-state index >= 15 is 0 Å². The summed E-state index contributed by atoms with van der Waals surface area (Å²) in [5.41, 5.74) is 7.46. The molecule has 2 aliphatic carbocycles. The quantitative estimate of drug-likeness (QED) is 0.686. The lowest BCUT2D eigenvalue weighted by atomic mass is 9.76. The number of nitrogens with two attached hydrogens (primary N) is 1. The van der Waals surface area contributed by atoms with Gasteiger partial charge in [-0.25, -0.2) is 4.99 Å². The van der Waals surface area contributed by atoms with Crippen LogP contribution < -0.4 is 5.73 Å². The van der Waals surface area contributed by atoms with Gasteiger partial charge < -0.3 is 10.6 Å². The number of benzene rings is 1. The summed E-state index contributed by atoms with van der Waals surface area (Å²) in [5, 5.41) is 0. The molecular formula is C15H20BrN3. The van der Waals surface area contributed by atoms with Gasteiger partial charge in [0.1, 0.15) is 0 Å². The molecule has 0 aliphatic heterocycles. The molecular weight excluding hydrogens is 302 g/mol. The topological polar surface area (TPSA) is 41.6 Å². The Hall–Kier alpha value is -1.03. The second-order valence-corrected chi connectivity index (χ2v) is 6.62. The third-order valence-corrected chi connectivity index (χ3v) is 4.75. The lowest BCUT2D eigenvalue weighted by Crippen LogP contribution is -2.38. The Morgan fingerprint density at radius 1 is 1.26 bits per heavy atom. The molecule has 0 spiro atoms. The highest BCUT2D eigenvalue weighted by Gasteiger charge is 2.32. The van der Waals surface area contributed by atoms with Crippen molar-refractivity contribution in [3.63, 3.8) is 0 Å². The van der Waals surface area contributed by atoms with Gasteiger partial charge in [0.05, 0.1) is 6.04 Å². The summed E-state index contributed by atoms with van der Waals surface area (Å²) in [7, 11) is 2.06. The fraction of sp³-hybridized carbons (Fsp3) is 0.533. The number of guanidine groups is 1. The van der Waals surface area contributed by atoms with Crippen molar-refractivity contribution in [2.24, 2.45) is 10.7 Å². The van der Waals surface area contributed by atoms with Gasteiger partial charge in [0.15, 0.2) is 5.96 Å². The van der Waals surface area contributed by atoms with Crippen molar-refractivity contribution in [3.8, 4) is 0 Å². The molecule has 0 radical (unpaired) electrons. The van der Waals surface area contributed by atoms with Crippen LogP contribution in [0.15, 0.2) is 33.7 Å². The Bertz CT molecular complexity index is 473. The van der Waals surface area contributed by atoms with Gasteiger partial charge in [-0.1, -0.05) is 28.1 Å². The molecule has 2 fully saturated rings. The molecule has 4 heteroatoms. The van der Waals surface area contributed by atoms with E-state index in [2.05, 4.69) is 57.1 Å². The van der Waals surface area contributed by atoms with Gasteiger partial charge >= 0.3 is 0 Å². The predicted molar refractivity (Wildman–Crippen MR) is 82.3 cm³/mol. The third-order valence-electron chi connectivity index (χ3n) is 4.23. The maximum absolute atomic E-state index is 6.04. The van der Waals surface area contributed by atoms with E-state index in [1.54, 1.807) is 0 Å². The van der Waals surface area contributed by atoms with Crippen molar-refractivity contribution in [2.45, 2.75) is 43.7 Å². The van der Waals surface area contributed by atoms with Crippen LogP contribution in [0.4, 0.5) is 0 Å². The van der Waals surface area contributed by atoms with Crippen molar-refractivity contribution in [3.05, 3.63) is 34.3 Å². The van der Waals surface area contributed by atoms with Crippen LogP contribution in [0.25, 0.3) is 0 Å². The smallest absolute Gasteiger partial charge is 0.191 e. The molecule has 2 saturated carbocycles. The number of rotatable bonds is 3. The molecule has 0 atom stereocenters. The highest BCUT2D eigenvalue weighted by Crippen LogP contribution is 2.39. The van der Waals surface area contributed by atoms with Crippen LogP contribution in [-0.2, 0) is 0 Å². The Kier molecular flexibility index (Phi) is 3.52. The minimum atomic E-state index is 0.412. The van der Waals surface area contributed by atoms with Crippen LogP contribution >= 0.6 is 15.9 Å². The monoisotopic (exact) mass is 321 g/mol. The van der Waals surface area contributed by atoms with Crippen molar-refractivity contribution >= 4 is 21.9 Å². The van der Waals surface area contributed by atoms with Crippen molar-refractivity contribution < 1.29 is 0 Å². The lowest BCUT2D eigenvalue weighted by molar-refractivity contribution is 0.347. The second kappa shape index (κ2) is 5.16. The first kappa shape index (κ1) is 13.0. The summed E-state index contributed by atoms with van der Waals surface area (Å²) in [5.74, 6) is 1.38.